The van der Waals surface area contributed by atoms with Crippen molar-refractivity contribution in [2.75, 3.05) is 10.5 Å². The molecule has 0 bridgehead atoms. The highest BCUT2D eigenvalue weighted by Crippen LogP contribution is 2.26. The average molecular weight is 346 g/mol. The smallest absolute Gasteiger partial charge is 0.264 e. The zero-order chi connectivity index (χ0) is 14.2. The molecule has 1 heterocycles. The Hall–Kier alpha value is -1.54. The van der Waals surface area contributed by atoms with Crippen LogP contribution in [0.1, 0.15) is 11.3 Å². The summed E-state index contributed by atoms with van der Waals surface area (Å²) in [5.41, 5.74) is 7.37. The van der Waals surface area contributed by atoms with Gasteiger partial charge in [0.05, 0.1) is 10.6 Å². The molecular formula is C11H12BrN3O3S. The Morgan fingerprint density at radius 3 is 2.58 bits per heavy atom. The summed E-state index contributed by atoms with van der Waals surface area (Å²) in [6.07, 6.45) is 0. The van der Waals surface area contributed by atoms with Gasteiger partial charge in [-0.25, -0.2) is 13.1 Å². The third-order valence-electron chi connectivity index (χ3n) is 2.67. The van der Waals surface area contributed by atoms with Crippen molar-refractivity contribution in [2.45, 2.75) is 18.7 Å². The minimum Gasteiger partial charge on any atom is -0.398 e. The first-order valence-electron chi connectivity index (χ1n) is 5.32. The van der Waals surface area contributed by atoms with Crippen molar-refractivity contribution in [1.82, 2.24) is 5.16 Å². The molecule has 0 spiro atoms. The fourth-order valence-corrected chi connectivity index (χ4v) is 2.97. The number of nitrogen functional groups attached to an aromatic ring is 1. The highest BCUT2D eigenvalue weighted by atomic mass is 79.9. The molecule has 6 nitrogen and oxygen atoms in total. The van der Waals surface area contributed by atoms with E-state index in [-0.39, 0.29) is 10.8 Å². The van der Waals surface area contributed by atoms with Gasteiger partial charge in [0.15, 0.2) is 0 Å². The lowest BCUT2D eigenvalue weighted by Crippen LogP contribution is -2.13. The molecule has 0 unspecified atom stereocenters. The largest absolute Gasteiger partial charge is 0.398 e. The zero-order valence-corrected chi connectivity index (χ0v) is 12.7. The molecule has 2 aromatic rings. The standard InChI is InChI=1S/C11H12BrN3O3S/c1-6-7(2)14-18-11(6)15-19(16,17)8-3-4-10(13)9(12)5-8/h3-5,15H,13H2,1-2H3. The maximum atomic E-state index is 12.2. The summed E-state index contributed by atoms with van der Waals surface area (Å²) in [7, 11) is -3.73. The molecule has 0 radical (unpaired) electrons. The van der Waals surface area contributed by atoms with Crippen LogP contribution in [0.3, 0.4) is 0 Å². The van der Waals surface area contributed by atoms with E-state index in [0.29, 0.717) is 21.4 Å². The number of rotatable bonds is 3. The van der Waals surface area contributed by atoms with Crippen LogP contribution in [0, 0.1) is 13.8 Å². The van der Waals surface area contributed by atoms with Crippen LogP contribution in [0.4, 0.5) is 11.6 Å². The molecule has 1 aromatic heterocycles. The average Bonchev–Trinajstić information content (AvgIpc) is 2.64. The van der Waals surface area contributed by atoms with Gasteiger partial charge in [0.2, 0.25) is 5.88 Å². The van der Waals surface area contributed by atoms with Crippen LogP contribution >= 0.6 is 15.9 Å². The quantitative estimate of drug-likeness (QED) is 0.832. The monoisotopic (exact) mass is 345 g/mol. The fourth-order valence-electron chi connectivity index (χ4n) is 1.37. The van der Waals surface area contributed by atoms with Crippen LogP contribution in [-0.4, -0.2) is 13.6 Å². The molecule has 0 fully saturated rings. The van der Waals surface area contributed by atoms with Crippen LogP contribution in [0.2, 0.25) is 0 Å². The molecule has 0 aliphatic rings. The minimum atomic E-state index is -3.73. The van der Waals surface area contributed by atoms with Gasteiger partial charge < -0.3 is 10.3 Å². The lowest BCUT2D eigenvalue weighted by molar-refractivity contribution is 0.430. The van der Waals surface area contributed by atoms with Crippen LogP contribution in [0.15, 0.2) is 32.1 Å². The number of anilines is 2. The molecule has 2 rings (SSSR count). The molecular weight excluding hydrogens is 334 g/mol. The van der Waals surface area contributed by atoms with E-state index in [2.05, 4.69) is 25.8 Å². The number of hydrogen-bond donors (Lipinski definition) is 2. The Kier molecular flexibility index (Phi) is 3.55. The van der Waals surface area contributed by atoms with Gasteiger partial charge in [0.1, 0.15) is 0 Å². The maximum absolute atomic E-state index is 12.2. The number of halogens is 1. The van der Waals surface area contributed by atoms with E-state index in [1.165, 1.54) is 18.2 Å². The first kappa shape index (κ1) is 13.9. The predicted octanol–water partition coefficient (Wildman–Crippen LogP) is 2.44. The van der Waals surface area contributed by atoms with Crippen LogP contribution in [0.5, 0.6) is 0 Å². The molecule has 3 N–H and O–H groups in total. The second kappa shape index (κ2) is 4.86. The highest BCUT2D eigenvalue weighted by molar-refractivity contribution is 9.10. The van der Waals surface area contributed by atoms with Crippen molar-refractivity contribution in [3.63, 3.8) is 0 Å². The Labute approximate surface area is 119 Å². The number of benzene rings is 1. The van der Waals surface area contributed by atoms with E-state index < -0.39 is 10.0 Å². The topological polar surface area (TPSA) is 98.2 Å². The first-order valence-corrected chi connectivity index (χ1v) is 7.59. The van der Waals surface area contributed by atoms with Gasteiger partial charge in [-0.2, -0.15) is 0 Å². The third-order valence-corrected chi connectivity index (χ3v) is 4.68. The van der Waals surface area contributed by atoms with Gasteiger partial charge in [-0.3, -0.25) is 0 Å². The van der Waals surface area contributed by atoms with Gasteiger partial charge in [-0.05, 0) is 48.0 Å². The van der Waals surface area contributed by atoms with Gasteiger partial charge in [-0.1, -0.05) is 5.16 Å². The van der Waals surface area contributed by atoms with Crippen molar-refractivity contribution in [2.24, 2.45) is 0 Å². The van der Waals surface area contributed by atoms with Crippen molar-refractivity contribution < 1.29 is 12.9 Å². The summed E-state index contributed by atoms with van der Waals surface area (Å²) < 4.78 is 32.1. The van der Waals surface area contributed by atoms with Gasteiger partial charge >= 0.3 is 0 Å². The molecule has 1 aromatic carbocycles. The van der Waals surface area contributed by atoms with Gasteiger partial charge in [-0.15, -0.1) is 0 Å². The highest BCUT2D eigenvalue weighted by Gasteiger charge is 2.19. The second-order valence-corrected chi connectivity index (χ2v) is 6.55. The van der Waals surface area contributed by atoms with E-state index in [9.17, 15) is 8.42 Å². The Balaban J connectivity index is 2.37. The Morgan fingerprint density at radius 1 is 1.37 bits per heavy atom. The lowest BCUT2D eigenvalue weighted by atomic mass is 10.3. The maximum Gasteiger partial charge on any atom is 0.264 e. The molecule has 0 saturated heterocycles. The summed E-state index contributed by atoms with van der Waals surface area (Å²) in [5, 5.41) is 3.69. The molecule has 0 aliphatic carbocycles. The molecule has 102 valence electrons. The fraction of sp³-hybridized carbons (Fsp3) is 0.182. The zero-order valence-electron chi connectivity index (χ0n) is 10.3. The number of hydrogen-bond acceptors (Lipinski definition) is 5. The summed E-state index contributed by atoms with van der Waals surface area (Å²) in [5.74, 6) is 0.116. The summed E-state index contributed by atoms with van der Waals surface area (Å²) in [6, 6.07) is 4.36. The minimum absolute atomic E-state index is 0.0852. The molecule has 0 aliphatic heterocycles. The molecule has 0 atom stereocenters. The molecule has 8 heteroatoms. The number of sulfonamides is 1. The number of nitrogens with two attached hydrogens (primary N) is 1. The third kappa shape index (κ3) is 2.74. The normalized spacial score (nSPS) is 11.5. The SMILES string of the molecule is Cc1noc(NS(=O)(=O)c2ccc(N)c(Br)c2)c1C. The van der Waals surface area contributed by atoms with E-state index in [0.717, 1.165) is 0 Å². The van der Waals surface area contributed by atoms with Gasteiger partial charge in [0.25, 0.3) is 10.0 Å². The van der Waals surface area contributed by atoms with Gasteiger partial charge in [0, 0.05) is 15.7 Å². The lowest BCUT2D eigenvalue weighted by Gasteiger charge is -2.07. The Bertz CT molecular complexity index is 725. The number of aryl methyl sites for hydroxylation is 1. The second-order valence-electron chi connectivity index (χ2n) is 4.01. The van der Waals surface area contributed by atoms with Crippen LogP contribution < -0.4 is 10.5 Å². The predicted molar refractivity (Wildman–Crippen MR) is 75.3 cm³/mol. The van der Waals surface area contributed by atoms with E-state index in [1.807, 2.05) is 0 Å². The Morgan fingerprint density at radius 2 is 2.05 bits per heavy atom. The molecule has 19 heavy (non-hydrogen) atoms. The number of nitrogens with zero attached hydrogens (tertiary/aromatic N) is 1. The van der Waals surface area contributed by atoms with E-state index in [1.54, 1.807) is 13.8 Å². The van der Waals surface area contributed by atoms with Crippen molar-refractivity contribution in [3.8, 4) is 0 Å². The summed E-state index contributed by atoms with van der Waals surface area (Å²) >= 11 is 3.19. The summed E-state index contributed by atoms with van der Waals surface area (Å²) in [6.45, 7) is 3.46. The van der Waals surface area contributed by atoms with Crippen molar-refractivity contribution in [1.29, 1.82) is 0 Å². The molecule has 0 saturated carbocycles. The van der Waals surface area contributed by atoms with Crippen molar-refractivity contribution >= 4 is 37.5 Å². The van der Waals surface area contributed by atoms with E-state index >= 15 is 0 Å². The van der Waals surface area contributed by atoms with Crippen LogP contribution in [-0.2, 0) is 10.0 Å². The number of aromatic nitrogens is 1. The molecule has 0 amide bonds. The number of nitrogens with one attached hydrogen (secondary N) is 1. The first-order chi connectivity index (χ1) is 8.81. The van der Waals surface area contributed by atoms with Crippen molar-refractivity contribution in [3.05, 3.63) is 33.9 Å². The van der Waals surface area contributed by atoms with Crippen LogP contribution in [0.25, 0.3) is 0 Å². The summed E-state index contributed by atoms with van der Waals surface area (Å²) in [4.78, 5) is 0.0852. The van der Waals surface area contributed by atoms with E-state index in [4.69, 9.17) is 10.3 Å².